The first-order chi connectivity index (χ1) is 4.86. The van der Waals surface area contributed by atoms with E-state index >= 15 is 0 Å². The molecular formula is C7H15NOS. The molecule has 10 heavy (non-hydrogen) atoms. The van der Waals surface area contributed by atoms with Gasteiger partial charge in [0.25, 0.3) is 0 Å². The van der Waals surface area contributed by atoms with Crippen LogP contribution in [-0.2, 0) is 0 Å². The van der Waals surface area contributed by atoms with Crippen molar-refractivity contribution < 1.29 is 5.11 Å². The Morgan fingerprint density at radius 1 is 1.40 bits per heavy atom. The van der Waals surface area contributed by atoms with E-state index in [0.29, 0.717) is 17.1 Å². The van der Waals surface area contributed by atoms with Gasteiger partial charge in [-0.3, -0.25) is 0 Å². The largest absolute Gasteiger partial charge is 0.396 e. The van der Waals surface area contributed by atoms with Gasteiger partial charge in [-0.1, -0.05) is 0 Å². The van der Waals surface area contributed by atoms with Crippen LogP contribution in [0, 0.1) is 0 Å². The summed E-state index contributed by atoms with van der Waals surface area (Å²) in [5.74, 6) is 0. The van der Waals surface area contributed by atoms with Gasteiger partial charge in [0.15, 0.2) is 0 Å². The number of thioether (sulfide) groups is 1. The Hall–Kier alpha value is 0.270. The van der Waals surface area contributed by atoms with Crippen LogP contribution in [0.4, 0.5) is 0 Å². The van der Waals surface area contributed by atoms with Gasteiger partial charge < -0.3 is 10.8 Å². The first kappa shape index (κ1) is 8.37. The molecule has 1 saturated heterocycles. The first-order valence-corrected chi connectivity index (χ1v) is 4.77. The molecule has 60 valence electrons. The van der Waals surface area contributed by atoms with Gasteiger partial charge in [0.05, 0.1) is 0 Å². The third kappa shape index (κ3) is 2.15. The van der Waals surface area contributed by atoms with E-state index in [1.54, 1.807) is 0 Å². The van der Waals surface area contributed by atoms with E-state index in [1.165, 1.54) is 12.8 Å². The minimum absolute atomic E-state index is 0.328. The van der Waals surface area contributed by atoms with Crippen LogP contribution in [0.1, 0.15) is 19.3 Å². The standard InChI is InChI=1S/C7H15NOS/c8-5-7-2-1-6(10-7)3-4-9/h6-7,9H,1-5,8H2. The lowest BCUT2D eigenvalue weighted by Gasteiger charge is -2.06. The number of nitrogens with two attached hydrogens (primary N) is 1. The van der Waals surface area contributed by atoms with Crippen molar-refractivity contribution in [3.8, 4) is 0 Å². The summed E-state index contributed by atoms with van der Waals surface area (Å²) in [5.41, 5.74) is 5.51. The Morgan fingerprint density at radius 3 is 2.60 bits per heavy atom. The molecule has 3 heteroatoms. The van der Waals surface area contributed by atoms with Crippen molar-refractivity contribution in [2.75, 3.05) is 13.2 Å². The van der Waals surface area contributed by atoms with Crippen LogP contribution in [0.15, 0.2) is 0 Å². The fourth-order valence-corrected chi connectivity index (χ4v) is 2.75. The number of hydrogen-bond acceptors (Lipinski definition) is 3. The highest BCUT2D eigenvalue weighted by molar-refractivity contribution is 8.00. The zero-order valence-electron chi connectivity index (χ0n) is 6.12. The molecule has 1 aliphatic rings. The van der Waals surface area contributed by atoms with Crippen LogP contribution in [-0.4, -0.2) is 28.8 Å². The van der Waals surface area contributed by atoms with Crippen molar-refractivity contribution in [1.29, 1.82) is 0 Å². The van der Waals surface area contributed by atoms with Gasteiger partial charge in [-0.05, 0) is 19.3 Å². The summed E-state index contributed by atoms with van der Waals surface area (Å²) in [6.45, 7) is 1.13. The molecule has 0 aromatic carbocycles. The maximum Gasteiger partial charge on any atom is 0.0441 e. The van der Waals surface area contributed by atoms with E-state index < -0.39 is 0 Å². The molecule has 1 heterocycles. The lowest BCUT2D eigenvalue weighted by Crippen LogP contribution is -2.13. The van der Waals surface area contributed by atoms with Crippen molar-refractivity contribution in [2.45, 2.75) is 29.8 Å². The Kier molecular flexibility index (Phi) is 3.52. The number of hydrogen-bond donors (Lipinski definition) is 2. The molecule has 2 atom stereocenters. The summed E-state index contributed by atoms with van der Waals surface area (Å²) in [7, 11) is 0. The second-order valence-electron chi connectivity index (χ2n) is 2.71. The molecule has 0 radical (unpaired) electrons. The SMILES string of the molecule is NCC1CCC(CCO)S1. The van der Waals surface area contributed by atoms with Gasteiger partial charge in [0, 0.05) is 23.7 Å². The Morgan fingerprint density at radius 2 is 2.10 bits per heavy atom. The number of aliphatic hydroxyl groups is 1. The molecule has 0 spiro atoms. The van der Waals surface area contributed by atoms with E-state index in [2.05, 4.69) is 0 Å². The van der Waals surface area contributed by atoms with Crippen molar-refractivity contribution in [3.63, 3.8) is 0 Å². The molecule has 0 saturated carbocycles. The number of rotatable bonds is 3. The molecule has 2 unspecified atom stereocenters. The predicted molar refractivity (Wildman–Crippen MR) is 45.2 cm³/mol. The fourth-order valence-electron chi connectivity index (χ4n) is 1.31. The van der Waals surface area contributed by atoms with Crippen LogP contribution >= 0.6 is 11.8 Å². The molecule has 0 bridgehead atoms. The van der Waals surface area contributed by atoms with Crippen LogP contribution in [0.25, 0.3) is 0 Å². The van der Waals surface area contributed by atoms with E-state index in [0.717, 1.165) is 13.0 Å². The van der Waals surface area contributed by atoms with Gasteiger partial charge >= 0.3 is 0 Å². The summed E-state index contributed by atoms with van der Waals surface area (Å²) >= 11 is 1.95. The smallest absolute Gasteiger partial charge is 0.0441 e. The summed E-state index contributed by atoms with van der Waals surface area (Å²) in [6, 6.07) is 0. The topological polar surface area (TPSA) is 46.2 Å². The van der Waals surface area contributed by atoms with Crippen molar-refractivity contribution in [1.82, 2.24) is 0 Å². The Bertz CT molecular complexity index is 99.6. The van der Waals surface area contributed by atoms with Gasteiger partial charge in [0.1, 0.15) is 0 Å². The highest BCUT2D eigenvalue weighted by atomic mass is 32.2. The first-order valence-electron chi connectivity index (χ1n) is 3.83. The van der Waals surface area contributed by atoms with Crippen molar-refractivity contribution in [3.05, 3.63) is 0 Å². The molecule has 0 aromatic heterocycles. The average molecular weight is 161 g/mol. The third-order valence-electron chi connectivity index (χ3n) is 1.91. The highest BCUT2D eigenvalue weighted by Crippen LogP contribution is 2.34. The van der Waals surface area contributed by atoms with E-state index in [-0.39, 0.29) is 0 Å². The van der Waals surface area contributed by atoms with E-state index in [4.69, 9.17) is 10.8 Å². The van der Waals surface area contributed by atoms with Crippen LogP contribution in [0.3, 0.4) is 0 Å². The maximum atomic E-state index is 8.64. The van der Waals surface area contributed by atoms with E-state index in [1.807, 2.05) is 11.8 Å². The zero-order valence-corrected chi connectivity index (χ0v) is 6.94. The molecule has 0 aromatic rings. The van der Waals surface area contributed by atoms with Crippen LogP contribution in [0.2, 0.25) is 0 Å². The summed E-state index contributed by atoms with van der Waals surface area (Å²) in [5, 5.41) is 9.98. The molecule has 1 aliphatic heterocycles. The molecule has 0 aliphatic carbocycles. The lowest BCUT2D eigenvalue weighted by molar-refractivity contribution is 0.286. The molecule has 3 N–H and O–H groups in total. The van der Waals surface area contributed by atoms with E-state index in [9.17, 15) is 0 Å². The average Bonchev–Trinajstić information content (AvgIpc) is 2.37. The van der Waals surface area contributed by atoms with Crippen LogP contribution in [0.5, 0.6) is 0 Å². The van der Waals surface area contributed by atoms with Gasteiger partial charge in [-0.25, -0.2) is 0 Å². The minimum Gasteiger partial charge on any atom is -0.396 e. The second-order valence-corrected chi connectivity index (χ2v) is 4.31. The summed E-state index contributed by atoms with van der Waals surface area (Å²) in [4.78, 5) is 0. The summed E-state index contributed by atoms with van der Waals surface area (Å²) in [6.07, 6.45) is 3.43. The number of aliphatic hydroxyl groups excluding tert-OH is 1. The normalized spacial score (nSPS) is 33.0. The van der Waals surface area contributed by atoms with Gasteiger partial charge in [-0.15, -0.1) is 0 Å². The second kappa shape index (κ2) is 4.21. The molecule has 1 rings (SSSR count). The summed E-state index contributed by atoms with van der Waals surface area (Å²) < 4.78 is 0. The van der Waals surface area contributed by atoms with Crippen molar-refractivity contribution in [2.24, 2.45) is 5.73 Å². The zero-order chi connectivity index (χ0) is 7.40. The molecule has 1 fully saturated rings. The Balaban J connectivity index is 2.15. The van der Waals surface area contributed by atoms with Gasteiger partial charge in [0.2, 0.25) is 0 Å². The predicted octanol–water partition coefficient (Wildman–Crippen LogP) is 0.592. The molecule has 0 amide bonds. The molecular weight excluding hydrogens is 146 g/mol. The van der Waals surface area contributed by atoms with Crippen molar-refractivity contribution >= 4 is 11.8 Å². The monoisotopic (exact) mass is 161 g/mol. The Labute approximate surface area is 66.2 Å². The highest BCUT2D eigenvalue weighted by Gasteiger charge is 2.23. The van der Waals surface area contributed by atoms with Gasteiger partial charge in [-0.2, -0.15) is 11.8 Å². The minimum atomic E-state index is 0.328. The maximum absolute atomic E-state index is 8.64. The molecule has 2 nitrogen and oxygen atoms in total. The fraction of sp³-hybridized carbons (Fsp3) is 1.00. The quantitative estimate of drug-likeness (QED) is 0.637. The lowest BCUT2D eigenvalue weighted by atomic mass is 10.1. The third-order valence-corrected chi connectivity index (χ3v) is 3.58. The van der Waals surface area contributed by atoms with Crippen LogP contribution < -0.4 is 5.73 Å².